The van der Waals surface area contributed by atoms with Gasteiger partial charge in [-0.1, -0.05) is 19.1 Å². The summed E-state index contributed by atoms with van der Waals surface area (Å²) in [6.45, 7) is 3.70. The first-order valence-corrected chi connectivity index (χ1v) is 9.81. The predicted octanol–water partition coefficient (Wildman–Crippen LogP) is 3.59. The molecule has 0 bridgehead atoms. The van der Waals surface area contributed by atoms with Gasteiger partial charge in [-0.3, -0.25) is 24.3 Å². The molecule has 31 heavy (non-hydrogen) atoms. The number of nitrogens with one attached hydrogen (secondary N) is 1. The highest BCUT2D eigenvalue weighted by Crippen LogP contribution is 2.27. The number of aryl methyl sites for hydroxylation is 1. The molecule has 0 spiro atoms. The Morgan fingerprint density at radius 1 is 1.26 bits per heavy atom. The van der Waals surface area contributed by atoms with Gasteiger partial charge in [0, 0.05) is 31.4 Å². The summed E-state index contributed by atoms with van der Waals surface area (Å²) in [5, 5.41) is 2.68. The molecule has 0 saturated carbocycles. The number of benzene rings is 1. The van der Waals surface area contributed by atoms with E-state index in [0.717, 1.165) is 10.5 Å². The Morgan fingerprint density at radius 2 is 2.00 bits per heavy atom. The number of imide groups is 1. The summed E-state index contributed by atoms with van der Waals surface area (Å²) in [6.07, 6.45) is 3.72. The second kappa shape index (κ2) is 8.99. The number of fused-ring (bicyclic) bond motifs is 1. The summed E-state index contributed by atoms with van der Waals surface area (Å²) in [7, 11) is 2.79. The van der Waals surface area contributed by atoms with Crippen molar-refractivity contribution >= 4 is 35.1 Å². The Morgan fingerprint density at radius 3 is 2.61 bits per heavy atom. The van der Waals surface area contributed by atoms with Crippen molar-refractivity contribution in [3.63, 3.8) is 0 Å². The van der Waals surface area contributed by atoms with Gasteiger partial charge in [0.2, 0.25) is 11.9 Å². The van der Waals surface area contributed by atoms with Crippen LogP contribution in [0.2, 0.25) is 0 Å². The van der Waals surface area contributed by atoms with Crippen LogP contribution in [0, 0.1) is 6.92 Å². The van der Waals surface area contributed by atoms with E-state index in [1.165, 1.54) is 20.3 Å². The minimum absolute atomic E-state index is 0.0849. The Kier molecular flexibility index (Phi) is 6.39. The highest BCUT2D eigenvalue weighted by molar-refractivity contribution is 6.22. The Labute approximate surface area is 179 Å². The quantitative estimate of drug-likeness (QED) is 0.569. The number of rotatable bonds is 6. The highest BCUT2D eigenvalue weighted by atomic mass is 19.1. The van der Waals surface area contributed by atoms with Crippen molar-refractivity contribution in [1.82, 2.24) is 9.88 Å². The van der Waals surface area contributed by atoms with Gasteiger partial charge < -0.3 is 5.32 Å². The number of hydrogen-bond acceptors (Lipinski definition) is 5. The van der Waals surface area contributed by atoms with E-state index >= 15 is 0 Å². The summed E-state index contributed by atoms with van der Waals surface area (Å²) in [6, 6.07) is 6.61. The summed E-state index contributed by atoms with van der Waals surface area (Å²) >= 11 is 0. The average Bonchev–Trinajstić information content (AvgIpc) is 2.96. The van der Waals surface area contributed by atoms with Gasteiger partial charge in [0.05, 0.1) is 17.5 Å². The van der Waals surface area contributed by atoms with Crippen molar-refractivity contribution in [2.45, 2.75) is 26.7 Å². The summed E-state index contributed by atoms with van der Waals surface area (Å²) in [5.74, 6) is -1.46. The second-order valence-corrected chi connectivity index (χ2v) is 7.21. The number of carbonyl (C=O) groups is 3. The number of halogens is 1. The van der Waals surface area contributed by atoms with E-state index in [4.69, 9.17) is 0 Å². The SMILES string of the molecule is CC/C=C(\C(F)=NC)c1ccc(NC(=O)Cc2cc(C)cc3c2C(=O)N(C)C3=O)nc1. The van der Waals surface area contributed by atoms with Gasteiger partial charge in [0.1, 0.15) is 5.82 Å². The van der Waals surface area contributed by atoms with Crippen molar-refractivity contribution < 1.29 is 18.8 Å². The largest absolute Gasteiger partial charge is 0.310 e. The average molecular weight is 422 g/mol. The lowest BCUT2D eigenvalue weighted by Crippen LogP contribution is -2.24. The minimum atomic E-state index is -0.585. The normalized spacial score (nSPS) is 14.2. The van der Waals surface area contributed by atoms with E-state index in [-0.39, 0.29) is 23.8 Å². The monoisotopic (exact) mass is 422 g/mol. The van der Waals surface area contributed by atoms with Gasteiger partial charge in [-0.25, -0.2) is 4.98 Å². The molecule has 0 atom stereocenters. The standard InChI is InChI=1S/C23H23FN4O3/c1-5-6-16(21(24)25-3)14-7-8-18(26-12-14)27-19(29)11-15-9-13(2)10-17-20(15)23(31)28(4)22(17)30/h6-10,12H,5,11H2,1-4H3,(H,26,27,29)/b16-6-,25-21?. The first-order valence-electron chi connectivity index (χ1n) is 9.81. The molecule has 3 amide bonds. The molecule has 8 heteroatoms. The molecule has 7 nitrogen and oxygen atoms in total. The number of amides is 3. The molecule has 0 radical (unpaired) electrons. The lowest BCUT2D eigenvalue weighted by Gasteiger charge is -2.10. The molecule has 1 aliphatic heterocycles. The fourth-order valence-corrected chi connectivity index (χ4v) is 3.50. The fraction of sp³-hybridized carbons (Fsp3) is 0.261. The molecule has 2 aromatic rings. The number of hydrogen-bond donors (Lipinski definition) is 1. The Balaban J connectivity index is 1.79. The highest BCUT2D eigenvalue weighted by Gasteiger charge is 2.35. The Hall–Kier alpha value is -3.68. The molecule has 1 aliphatic rings. The molecule has 1 aromatic heterocycles. The first kappa shape index (κ1) is 22.0. The molecule has 1 N–H and O–H groups in total. The zero-order valence-electron chi connectivity index (χ0n) is 17.8. The van der Waals surface area contributed by atoms with Gasteiger partial charge in [0.25, 0.3) is 11.8 Å². The molecule has 0 saturated heterocycles. The van der Waals surface area contributed by atoms with E-state index in [2.05, 4.69) is 15.3 Å². The van der Waals surface area contributed by atoms with Crippen LogP contribution in [0.3, 0.4) is 0 Å². The van der Waals surface area contributed by atoms with Crippen LogP contribution >= 0.6 is 0 Å². The van der Waals surface area contributed by atoms with Crippen LogP contribution < -0.4 is 5.32 Å². The number of aromatic nitrogens is 1. The minimum Gasteiger partial charge on any atom is -0.310 e. The molecular formula is C23H23FN4O3. The van der Waals surface area contributed by atoms with Crippen molar-refractivity contribution in [2.24, 2.45) is 4.99 Å². The van der Waals surface area contributed by atoms with Crippen molar-refractivity contribution in [2.75, 3.05) is 19.4 Å². The molecule has 0 aliphatic carbocycles. The number of anilines is 1. The van der Waals surface area contributed by atoms with E-state index in [0.29, 0.717) is 34.5 Å². The molecule has 1 aromatic carbocycles. The van der Waals surface area contributed by atoms with Gasteiger partial charge in [-0.2, -0.15) is 4.39 Å². The van der Waals surface area contributed by atoms with Crippen LogP contribution in [0.15, 0.2) is 41.5 Å². The zero-order valence-corrected chi connectivity index (χ0v) is 17.8. The first-order chi connectivity index (χ1) is 14.8. The van der Waals surface area contributed by atoms with E-state index in [9.17, 15) is 18.8 Å². The van der Waals surface area contributed by atoms with Crippen LogP contribution in [0.1, 0.15) is 50.8 Å². The molecule has 0 unspecified atom stereocenters. The zero-order chi connectivity index (χ0) is 22.7. The number of aliphatic imine (C=N–C) groups is 1. The number of allylic oxidation sites excluding steroid dienone is 2. The van der Waals surface area contributed by atoms with E-state index in [1.54, 1.807) is 37.3 Å². The van der Waals surface area contributed by atoms with E-state index < -0.39 is 11.9 Å². The lowest BCUT2D eigenvalue weighted by molar-refractivity contribution is -0.115. The van der Waals surface area contributed by atoms with Crippen LogP contribution in [0.25, 0.3) is 5.57 Å². The summed E-state index contributed by atoms with van der Waals surface area (Å²) in [4.78, 5) is 46.1. The van der Waals surface area contributed by atoms with Gasteiger partial charge in [0.15, 0.2) is 0 Å². The summed E-state index contributed by atoms with van der Waals surface area (Å²) < 4.78 is 14.0. The molecule has 160 valence electrons. The summed E-state index contributed by atoms with van der Waals surface area (Å²) in [5.41, 5.74) is 2.74. The van der Waals surface area contributed by atoms with Crippen LogP contribution in [0.4, 0.5) is 10.2 Å². The predicted molar refractivity (Wildman–Crippen MR) is 117 cm³/mol. The Bertz CT molecular complexity index is 1120. The van der Waals surface area contributed by atoms with Crippen molar-refractivity contribution in [1.29, 1.82) is 0 Å². The van der Waals surface area contributed by atoms with Crippen LogP contribution in [-0.4, -0.2) is 47.7 Å². The molecule has 2 heterocycles. The molecule has 3 rings (SSSR count). The van der Waals surface area contributed by atoms with Gasteiger partial charge >= 0.3 is 0 Å². The maximum atomic E-state index is 14.0. The van der Waals surface area contributed by atoms with Crippen LogP contribution in [0.5, 0.6) is 0 Å². The number of carbonyl (C=O) groups excluding carboxylic acids is 3. The third-order valence-electron chi connectivity index (χ3n) is 4.94. The number of nitrogens with zero attached hydrogens (tertiary/aromatic N) is 3. The fourth-order valence-electron chi connectivity index (χ4n) is 3.50. The second-order valence-electron chi connectivity index (χ2n) is 7.21. The molecule has 0 fully saturated rings. The third kappa shape index (κ3) is 4.42. The van der Waals surface area contributed by atoms with E-state index in [1.807, 2.05) is 6.92 Å². The number of pyridine rings is 1. The smallest absolute Gasteiger partial charge is 0.261 e. The maximum Gasteiger partial charge on any atom is 0.261 e. The molecular weight excluding hydrogens is 399 g/mol. The van der Waals surface area contributed by atoms with Crippen molar-refractivity contribution in [3.8, 4) is 0 Å². The van der Waals surface area contributed by atoms with Gasteiger partial charge in [-0.05, 0) is 42.7 Å². The van der Waals surface area contributed by atoms with Crippen molar-refractivity contribution in [3.05, 3.63) is 64.4 Å². The maximum absolute atomic E-state index is 14.0. The van der Waals surface area contributed by atoms with Gasteiger partial charge in [-0.15, -0.1) is 0 Å². The topological polar surface area (TPSA) is 91.7 Å². The lowest BCUT2D eigenvalue weighted by atomic mass is 9.97. The third-order valence-corrected chi connectivity index (χ3v) is 4.94. The van der Waals surface area contributed by atoms with Crippen LogP contribution in [-0.2, 0) is 11.2 Å².